The molecule has 1 fully saturated rings. The minimum atomic E-state index is -0.359. The van der Waals surface area contributed by atoms with Crippen molar-refractivity contribution in [1.29, 1.82) is 0 Å². The van der Waals surface area contributed by atoms with Gasteiger partial charge in [0, 0.05) is 23.7 Å². The molecular formula is C19H17ClN4O2S. The molecule has 1 atom stereocenters. The maximum absolute atomic E-state index is 12.3. The number of thiazole rings is 1. The van der Waals surface area contributed by atoms with E-state index >= 15 is 0 Å². The molecular weight excluding hydrogens is 384 g/mol. The molecule has 0 bridgehead atoms. The van der Waals surface area contributed by atoms with Crippen LogP contribution in [-0.4, -0.2) is 29.5 Å². The molecule has 2 heterocycles. The highest BCUT2D eigenvalue weighted by Crippen LogP contribution is 2.28. The minimum Gasteiger partial charge on any atom is -0.333 e. The van der Waals surface area contributed by atoms with Gasteiger partial charge in [-0.1, -0.05) is 35.1 Å². The first-order valence-electron chi connectivity index (χ1n) is 8.49. The zero-order valence-corrected chi connectivity index (χ0v) is 16.1. The van der Waals surface area contributed by atoms with E-state index in [4.69, 9.17) is 11.6 Å². The third kappa shape index (κ3) is 3.74. The van der Waals surface area contributed by atoms with Gasteiger partial charge in [-0.15, -0.1) is 0 Å². The minimum absolute atomic E-state index is 0.0294. The van der Waals surface area contributed by atoms with Gasteiger partial charge in [-0.2, -0.15) is 0 Å². The maximum Gasteiger partial charge on any atom is 0.321 e. The number of anilines is 2. The van der Waals surface area contributed by atoms with Crippen LogP contribution in [0.25, 0.3) is 10.2 Å². The number of hydrogen-bond donors (Lipinski definition) is 2. The maximum atomic E-state index is 12.3. The van der Waals surface area contributed by atoms with Gasteiger partial charge < -0.3 is 10.2 Å². The summed E-state index contributed by atoms with van der Waals surface area (Å²) in [5, 5.41) is 6.78. The Morgan fingerprint density at radius 3 is 2.78 bits per heavy atom. The second-order valence-electron chi connectivity index (χ2n) is 6.42. The van der Waals surface area contributed by atoms with Gasteiger partial charge in [0.2, 0.25) is 5.91 Å². The van der Waals surface area contributed by atoms with E-state index in [1.54, 1.807) is 29.2 Å². The van der Waals surface area contributed by atoms with Crippen LogP contribution in [0.1, 0.15) is 12.0 Å². The smallest absolute Gasteiger partial charge is 0.321 e. The Bertz CT molecular complexity index is 1020. The average molecular weight is 401 g/mol. The molecule has 0 unspecified atom stereocenters. The van der Waals surface area contributed by atoms with Gasteiger partial charge in [0.05, 0.1) is 16.3 Å². The van der Waals surface area contributed by atoms with Crippen molar-refractivity contribution >= 4 is 55.9 Å². The Hall–Kier alpha value is -2.64. The van der Waals surface area contributed by atoms with Crippen molar-refractivity contribution in [3.8, 4) is 0 Å². The number of amides is 3. The van der Waals surface area contributed by atoms with Gasteiger partial charge in [-0.3, -0.25) is 10.1 Å². The fourth-order valence-electron chi connectivity index (χ4n) is 3.13. The van der Waals surface area contributed by atoms with Crippen molar-refractivity contribution in [2.75, 3.05) is 16.8 Å². The number of halogens is 1. The van der Waals surface area contributed by atoms with Crippen LogP contribution in [0.15, 0.2) is 42.5 Å². The highest BCUT2D eigenvalue weighted by atomic mass is 35.5. The number of urea groups is 1. The molecule has 3 amide bonds. The predicted octanol–water partition coefficient (Wildman–Crippen LogP) is 4.19. The Labute approximate surface area is 165 Å². The number of aryl methyl sites for hydroxylation is 1. The summed E-state index contributed by atoms with van der Waals surface area (Å²) in [4.78, 5) is 30.7. The van der Waals surface area contributed by atoms with E-state index in [9.17, 15) is 9.59 Å². The summed E-state index contributed by atoms with van der Waals surface area (Å²) in [6.45, 7) is 2.41. The summed E-state index contributed by atoms with van der Waals surface area (Å²) in [5.41, 5.74) is 2.73. The Kier molecular flexibility index (Phi) is 4.72. The number of nitrogens with one attached hydrogen (secondary N) is 2. The van der Waals surface area contributed by atoms with Gasteiger partial charge >= 0.3 is 6.03 Å². The summed E-state index contributed by atoms with van der Waals surface area (Å²) in [5.74, 6) is -0.0294. The van der Waals surface area contributed by atoms with E-state index in [2.05, 4.69) is 15.6 Å². The molecule has 3 aromatic rings. The number of benzene rings is 2. The molecule has 27 heavy (non-hydrogen) atoms. The van der Waals surface area contributed by atoms with Crippen molar-refractivity contribution in [1.82, 2.24) is 10.3 Å². The third-order valence-corrected chi connectivity index (χ3v) is 5.63. The number of aromatic nitrogens is 1. The first-order chi connectivity index (χ1) is 13.0. The van der Waals surface area contributed by atoms with Crippen molar-refractivity contribution in [3.63, 3.8) is 0 Å². The van der Waals surface area contributed by atoms with Crippen LogP contribution in [-0.2, 0) is 4.79 Å². The van der Waals surface area contributed by atoms with E-state index < -0.39 is 0 Å². The van der Waals surface area contributed by atoms with Crippen LogP contribution in [0.5, 0.6) is 0 Å². The van der Waals surface area contributed by atoms with E-state index in [0.717, 1.165) is 21.5 Å². The van der Waals surface area contributed by atoms with Gasteiger partial charge in [0.25, 0.3) is 0 Å². The zero-order valence-electron chi connectivity index (χ0n) is 14.5. The second-order valence-corrected chi connectivity index (χ2v) is 7.89. The SMILES string of the molecule is Cc1cccc2sc(NC(=O)N[C@@H]3CC(=O)N(c4ccc(Cl)cc4)C3)nc12. The molecule has 8 heteroatoms. The Morgan fingerprint density at radius 2 is 2.04 bits per heavy atom. The Morgan fingerprint density at radius 1 is 1.26 bits per heavy atom. The number of para-hydroxylation sites is 1. The normalized spacial score (nSPS) is 16.7. The second kappa shape index (κ2) is 7.17. The topological polar surface area (TPSA) is 74.3 Å². The lowest BCUT2D eigenvalue weighted by atomic mass is 10.2. The van der Waals surface area contributed by atoms with Crippen LogP contribution in [0.3, 0.4) is 0 Å². The molecule has 4 rings (SSSR count). The molecule has 1 aromatic heterocycles. The summed E-state index contributed by atoms with van der Waals surface area (Å²) >= 11 is 7.32. The van der Waals surface area contributed by atoms with Crippen molar-refractivity contribution in [3.05, 3.63) is 53.1 Å². The van der Waals surface area contributed by atoms with Crippen LogP contribution in [0.4, 0.5) is 15.6 Å². The van der Waals surface area contributed by atoms with Gasteiger partial charge in [0.1, 0.15) is 0 Å². The molecule has 1 aliphatic rings. The van der Waals surface area contributed by atoms with E-state index in [-0.39, 0.29) is 24.4 Å². The molecule has 2 aromatic carbocycles. The molecule has 2 N–H and O–H groups in total. The predicted molar refractivity (Wildman–Crippen MR) is 109 cm³/mol. The quantitative estimate of drug-likeness (QED) is 0.692. The van der Waals surface area contributed by atoms with Gasteiger partial charge in [-0.05, 0) is 42.8 Å². The number of carbonyl (C=O) groups is 2. The van der Waals surface area contributed by atoms with Crippen molar-refractivity contribution in [2.45, 2.75) is 19.4 Å². The zero-order chi connectivity index (χ0) is 19.0. The molecule has 1 aliphatic heterocycles. The molecule has 6 nitrogen and oxygen atoms in total. The number of carbonyl (C=O) groups excluding carboxylic acids is 2. The highest BCUT2D eigenvalue weighted by molar-refractivity contribution is 7.22. The molecule has 0 spiro atoms. The van der Waals surface area contributed by atoms with Crippen LogP contribution < -0.4 is 15.5 Å². The largest absolute Gasteiger partial charge is 0.333 e. The molecule has 0 saturated carbocycles. The van der Waals surface area contributed by atoms with Gasteiger partial charge in [0.15, 0.2) is 5.13 Å². The van der Waals surface area contributed by atoms with Crippen molar-refractivity contribution in [2.24, 2.45) is 0 Å². The van der Waals surface area contributed by atoms with Gasteiger partial charge in [-0.25, -0.2) is 9.78 Å². The monoisotopic (exact) mass is 400 g/mol. The van der Waals surface area contributed by atoms with Crippen LogP contribution >= 0.6 is 22.9 Å². The van der Waals surface area contributed by atoms with E-state index in [1.807, 2.05) is 25.1 Å². The summed E-state index contributed by atoms with van der Waals surface area (Å²) in [7, 11) is 0. The van der Waals surface area contributed by atoms with Crippen LogP contribution in [0.2, 0.25) is 5.02 Å². The summed E-state index contributed by atoms with van der Waals surface area (Å²) in [6, 6.07) is 12.4. The van der Waals surface area contributed by atoms with Crippen LogP contribution in [0, 0.1) is 6.92 Å². The molecule has 1 saturated heterocycles. The lowest BCUT2D eigenvalue weighted by Gasteiger charge is -2.17. The fourth-order valence-corrected chi connectivity index (χ4v) is 4.20. The van der Waals surface area contributed by atoms with E-state index in [1.165, 1.54) is 11.3 Å². The average Bonchev–Trinajstić information content (AvgIpc) is 3.19. The lowest BCUT2D eigenvalue weighted by molar-refractivity contribution is -0.117. The number of nitrogens with zero attached hydrogens (tertiary/aromatic N) is 2. The molecule has 0 aliphatic carbocycles. The first-order valence-corrected chi connectivity index (χ1v) is 9.68. The van der Waals surface area contributed by atoms with E-state index in [0.29, 0.717) is 16.7 Å². The molecule has 0 radical (unpaired) electrons. The summed E-state index contributed by atoms with van der Waals surface area (Å²) in [6.07, 6.45) is 0.259. The first kappa shape index (κ1) is 17.8. The fraction of sp³-hybridized carbons (Fsp3) is 0.211. The highest BCUT2D eigenvalue weighted by Gasteiger charge is 2.31. The number of rotatable bonds is 3. The number of hydrogen-bond acceptors (Lipinski definition) is 4. The number of fused-ring (bicyclic) bond motifs is 1. The standard InChI is InChI=1S/C19H17ClN4O2S/c1-11-3-2-4-15-17(11)22-19(27-15)23-18(26)21-13-9-16(25)24(10-13)14-7-5-12(20)6-8-14/h2-8,13H,9-10H2,1H3,(H2,21,22,23,26)/t13-/m1/s1. The summed E-state index contributed by atoms with van der Waals surface area (Å²) < 4.78 is 1.02. The Balaban J connectivity index is 1.40. The third-order valence-electron chi connectivity index (χ3n) is 4.44. The lowest BCUT2D eigenvalue weighted by Crippen LogP contribution is -2.39. The van der Waals surface area contributed by atoms with Crippen molar-refractivity contribution < 1.29 is 9.59 Å². The molecule has 138 valence electrons.